The molecule has 1 atom stereocenters. The van der Waals surface area contributed by atoms with Gasteiger partial charge in [0.2, 0.25) is 0 Å². The molecule has 2 rings (SSSR count). The third-order valence-electron chi connectivity index (χ3n) is 3.13. The lowest BCUT2D eigenvalue weighted by atomic mass is 10.1. The number of rotatable bonds is 3. The van der Waals surface area contributed by atoms with Crippen molar-refractivity contribution in [2.24, 2.45) is 5.73 Å². The number of hydrogen-bond donors (Lipinski definition) is 1. The number of ether oxygens (including phenoxy) is 1. The zero-order chi connectivity index (χ0) is 11.4. The van der Waals surface area contributed by atoms with Gasteiger partial charge in [0.15, 0.2) is 0 Å². The number of methoxy groups -OCH3 is 1. The predicted molar refractivity (Wildman–Crippen MR) is 72.7 cm³/mol. The maximum atomic E-state index is 5.98. The van der Waals surface area contributed by atoms with E-state index in [1.165, 1.54) is 12.0 Å². The SMILES string of the molecule is COc1ccccc1CN1CCC[C@@H](N)C1.Cl. The highest BCUT2D eigenvalue weighted by atomic mass is 35.5. The van der Waals surface area contributed by atoms with Crippen LogP contribution < -0.4 is 10.5 Å². The van der Waals surface area contributed by atoms with Crippen LogP contribution in [0.25, 0.3) is 0 Å². The summed E-state index contributed by atoms with van der Waals surface area (Å²) >= 11 is 0. The Balaban J connectivity index is 0.00000144. The molecule has 1 heterocycles. The Kier molecular flexibility index (Phi) is 5.75. The number of nitrogens with zero attached hydrogens (tertiary/aromatic N) is 1. The Morgan fingerprint density at radius 3 is 2.88 bits per heavy atom. The summed E-state index contributed by atoms with van der Waals surface area (Å²) in [6.07, 6.45) is 2.36. The van der Waals surface area contributed by atoms with Crippen molar-refractivity contribution >= 4 is 12.4 Å². The van der Waals surface area contributed by atoms with Crippen LogP contribution in [0.1, 0.15) is 18.4 Å². The van der Waals surface area contributed by atoms with E-state index in [0.29, 0.717) is 6.04 Å². The third kappa shape index (κ3) is 3.87. The fourth-order valence-corrected chi connectivity index (χ4v) is 2.31. The number of piperidine rings is 1. The highest BCUT2D eigenvalue weighted by molar-refractivity contribution is 5.85. The minimum absolute atomic E-state index is 0. The maximum absolute atomic E-state index is 5.98. The second-order valence-electron chi connectivity index (χ2n) is 4.45. The fraction of sp³-hybridized carbons (Fsp3) is 0.538. The van der Waals surface area contributed by atoms with Gasteiger partial charge in [0, 0.05) is 24.7 Å². The summed E-state index contributed by atoms with van der Waals surface area (Å²) in [6.45, 7) is 3.08. The maximum Gasteiger partial charge on any atom is 0.123 e. The Bertz CT molecular complexity index is 346. The zero-order valence-corrected chi connectivity index (χ0v) is 11.1. The van der Waals surface area contributed by atoms with Crippen LogP contribution in [-0.2, 0) is 6.54 Å². The Morgan fingerprint density at radius 2 is 2.18 bits per heavy atom. The highest BCUT2D eigenvalue weighted by Gasteiger charge is 2.17. The molecule has 4 heteroatoms. The smallest absolute Gasteiger partial charge is 0.123 e. The van der Waals surface area contributed by atoms with Crippen LogP contribution in [0.2, 0.25) is 0 Å². The van der Waals surface area contributed by atoms with Crippen molar-refractivity contribution in [2.75, 3.05) is 20.2 Å². The Hall–Kier alpha value is -0.770. The van der Waals surface area contributed by atoms with Crippen molar-refractivity contribution in [1.82, 2.24) is 4.90 Å². The summed E-state index contributed by atoms with van der Waals surface area (Å²) in [5.41, 5.74) is 7.23. The third-order valence-corrected chi connectivity index (χ3v) is 3.13. The van der Waals surface area contributed by atoms with Crippen LogP contribution in [-0.4, -0.2) is 31.1 Å². The first-order valence-corrected chi connectivity index (χ1v) is 5.89. The first-order chi connectivity index (χ1) is 7.79. The van der Waals surface area contributed by atoms with Crippen LogP contribution in [0, 0.1) is 0 Å². The van der Waals surface area contributed by atoms with Crippen LogP contribution >= 0.6 is 12.4 Å². The van der Waals surface area contributed by atoms with E-state index >= 15 is 0 Å². The van der Waals surface area contributed by atoms with Gasteiger partial charge in [0.1, 0.15) is 5.75 Å². The summed E-state index contributed by atoms with van der Waals surface area (Å²) in [6, 6.07) is 8.54. The van der Waals surface area contributed by atoms with Crippen LogP contribution in [0.4, 0.5) is 0 Å². The van der Waals surface area contributed by atoms with Gasteiger partial charge in [0.05, 0.1) is 7.11 Å². The molecule has 2 N–H and O–H groups in total. The standard InChI is InChI=1S/C13H20N2O.ClH/c1-16-13-7-3-2-5-11(13)9-15-8-4-6-12(14)10-15;/h2-3,5,7,12H,4,6,8-10,14H2,1H3;1H/t12-;/m1./s1. The predicted octanol–water partition coefficient (Wildman–Crippen LogP) is 2.04. The molecule has 0 bridgehead atoms. The molecule has 1 aromatic carbocycles. The minimum Gasteiger partial charge on any atom is -0.496 e. The molecule has 1 aromatic rings. The van der Waals surface area contributed by atoms with E-state index in [0.717, 1.165) is 31.8 Å². The van der Waals surface area contributed by atoms with Gasteiger partial charge in [0.25, 0.3) is 0 Å². The molecule has 1 aliphatic heterocycles. The van der Waals surface area contributed by atoms with E-state index in [9.17, 15) is 0 Å². The second-order valence-corrected chi connectivity index (χ2v) is 4.45. The van der Waals surface area contributed by atoms with Crippen molar-refractivity contribution in [3.8, 4) is 5.75 Å². The van der Waals surface area contributed by atoms with Gasteiger partial charge in [-0.1, -0.05) is 18.2 Å². The van der Waals surface area contributed by atoms with Gasteiger partial charge in [-0.3, -0.25) is 4.90 Å². The lowest BCUT2D eigenvalue weighted by Gasteiger charge is -2.30. The quantitative estimate of drug-likeness (QED) is 0.900. The lowest BCUT2D eigenvalue weighted by Crippen LogP contribution is -2.42. The van der Waals surface area contributed by atoms with Gasteiger partial charge in [-0.05, 0) is 25.5 Å². The van der Waals surface area contributed by atoms with Crippen molar-refractivity contribution in [2.45, 2.75) is 25.4 Å². The fourth-order valence-electron chi connectivity index (χ4n) is 2.31. The average molecular weight is 257 g/mol. The molecular formula is C13H21ClN2O. The van der Waals surface area contributed by atoms with Crippen LogP contribution in [0.3, 0.4) is 0 Å². The summed E-state index contributed by atoms with van der Waals surface area (Å²) in [5.74, 6) is 0.974. The first kappa shape index (κ1) is 14.3. The van der Waals surface area contributed by atoms with Crippen molar-refractivity contribution in [3.63, 3.8) is 0 Å². The molecule has 1 saturated heterocycles. The van der Waals surface area contributed by atoms with E-state index in [1.54, 1.807) is 7.11 Å². The largest absolute Gasteiger partial charge is 0.496 e. The van der Waals surface area contributed by atoms with Crippen molar-refractivity contribution in [3.05, 3.63) is 29.8 Å². The minimum atomic E-state index is 0. The molecule has 17 heavy (non-hydrogen) atoms. The van der Waals surface area contributed by atoms with Crippen molar-refractivity contribution in [1.29, 1.82) is 0 Å². The van der Waals surface area contributed by atoms with Gasteiger partial charge >= 0.3 is 0 Å². The average Bonchev–Trinajstić information content (AvgIpc) is 2.30. The summed E-state index contributed by atoms with van der Waals surface area (Å²) in [7, 11) is 1.72. The monoisotopic (exact) mass is 256 g/mol. The molecule has 0 aromatic heterocycles. The van der Waals surface area contributed by atoms with Crippen LogP contribution in [0.5, 0.6) is 5.75 Å². The lowest BCUT2D eigenvalue weighted by molar-refractivity contribution is 0.199. The molecule has 0 spiro atoms. The van der Waals surface area contributed by atoms with Gasteiger partial charge in [-0.25, -0.2) is 0 Å². The van der Waals surface area contributed by atoms with Gasteiger partial charge < -0.3 is 10.5 Å². The van der Waals surface area contributed by atoms with Gasteiger partial charge in [-0.2, -0.15) is 0 Å². The molecule has 1 fully saturated rings. The van der Waals surface area contributed by atoms with E-state index < -0.39 is 0 Å². The molecule has 3 nitrogen and oxygen atoms in total. The number of para-hydroxylation sites is 1. The molecular weight excluding hydrogens is 236 g/mol. The molecule has 0 unspecified atom stereocenters. The summed E-state index contributed by atoms with van der Waals surface area (Å²) in [5, 5.41) is 0. The number of likely N-dealkylation sites (tertiary alicyclic amines) is 1. The Labute approximate surface area is 109 Å². The zero-order valence-electron chi connectivity index (χ0n) is 10.3. The molecule has 0 aliphatic carbocycles. The van der Waals surface area contributed by atoms with Gasteiger partial charge in [-0.15, -0.1) is 12.4 Å². The van der Waals surface area contributed by atoms with E-state index in [-0.39, 0.29) is 12.4 Å². The number of benzene rings is 1. The molecule has 0 amide bonds. The van der Waals surface area contributed by atoms with E-state index in [4.69, 9.17) is 10.5 Å². The topological polar surface area (TPSA) is 38.5 Å². The molecule has 0 saturated carbocycles. The Morgan fingerprint density at radius 1 is 1.41 bits per heavy atom. The first-order valence-electron chi connectivity index (χ1n) is 5.89. The second kappa shape index (κ2) is 6.84. The number of halogens is 1. The number of hydrogen-bond acceptors (Lipinski definition) is 3. The molecule has 1 aliphatic rings. The summed E-state index contributed by atoms with van der Waals surface area (Å²) < 4.78 is 5.36. The van der Waals surface area contributed by atoms with Crippen molar-refractivity contribution < 1.29 is 4.74 Å². The molecule has 0 radical (unpaired) electrons. The van der Waals surface area contributed by atoms with E-state index in [2.05, 4.69) is 17.0 Å². The number of nitrogens with two attached hydrogens (primary N) is 1. The highest BCUT2D eigenvalue weighted by Crippen LogP contribution is 2.20. The summed E-state index contributed by atoms with van der Waals surface area (Å²) in [4.78, 5) is 2.41. The normalized spacial score (nSPS) is 20.7. The van der Waals surface area contributed by atoms with Crippen LogP contribution in [0.15, 0.2) is 24.3 Å². The molecule has 96 valence electrons. The van der Waals surface area contributed by atoms with E-state index in [1.807, 2.05) is 12.1 Å².